The standard InChI is InChI=1S/C23H22N2O3/c1-26-21-13-18-12-16(9-10-20(18)22(27-2)23(21)28-3)11-17(14-24)15-25-19-7-5-4-6-8-19/h4-10,12-13,15,25H,11H2,1-3H3. The number of rotatable bonds is 7. The maximum atomic E-state index is 9.50. The first-order valence-electron chi connectivity index (χ1n) is 8.82. The van der Waals surface area contributed by atoms with E-state index in [0.717, 1.165) is 22.0 Å². The second-order valence-corrected chi connectivity index (χ2v) is 6.17. The molecule has 1 N–H and O–H groups in total. The van der Waals surface area contributed by atoms with Gasteiger partial charge in [-0.25, -0.2) is 0 Å². The van der Waals surface area contributed by atoms with Crippen LogP contribution in [0.1, 0.15) is 5.56 Å². The number of nitrogens with zero attached hydrogens (tertiary/aromatic N) is 1. The molecule has 0 heterocycles. The molecule has 0 bridgehead atoms. The third-order valence-corrected chi connectivity index (χ3v) is 4.43. The molecular formula is C23H22N2O3. The average molecular weight is 374 g/mol. The van der Waals surface area contributed by atoms with Gasteiger partial charge in [0, 0.05) is 29.3 Å². The fourth-order valence-electron chi connectivity index (χ4n) is 3.08. The van der Waals surface area contributed by atoms with Crippen LogP contribution in [0.3, 0.4) is 0 Å². The third kappa shape index (κ3) is 4.02. The molecule has 0 unspecified atom stereocenters. The summed E-state index contributed by atoms with van der Waals surface area (Å²) in [5.41, 5.74) is 2.59. The molecule has 0 aliphatic rings. The van der Waals surface area contributed by atoms with E-state index in [1.165, 1.54) is 0 Å². The fourth-order valence-corrected chi connectivity index (χ4v) is 3.08. The molecule has 0 radical (unpaired) electrons. The number of nitriles is 1. The summed E-state index contributed by atoms with van der Waals surface area (Å²) in [6, 6.07) is 19.9. The van der Waals surface area contributed by atoms with Crippen molar-refractivity contribution in [1.29, 1.82) is 5.26 Å². The van der Waals surface area contributed by atoms with Gasteiger partial charge in [0.25, 0.3) is 0 Å². The summed E-state index contributed by atoms with van der Waals surface area (Å²) in [6.07, 6.45) is 2.26. The normalized spacial score (nSPS) is 11.0. The predicted molar refractivity (Wildman–Crippen MR) is 111 cm³/mol. The zero-order valence-electron chi connectivity index (χ0n) is 16.2. The van der Waals surface area contributed by atoms with Gasteiger partial charge >= 0.3 is 0 Å². The van der Waals surface area contributed by atoms with Gasteiger partial charge in [-0.2, -0.15) is 5.26 Å². The molecule has 0 aromatic heterocycles. The largest absolute Gasteiger partial charge is 0.493 e. The molecule has 3 aromatic carbocycles. The van der Waals surface area contributed by atoms with Crippen LogP contribution in [0.5, 0.6) is 17.2 Å². The van der Waals surface area contributed by atoms with E-state index >= 15 is 0 Å². The van der Waals surface area contributed by atoms with Crippen LogP contribution in [-0.4, -0.2) is 21.3 Å². The van der Waals surface area contributed by atoms with Gasteiger partial charge in [-0.05, 0) is 29.1 Å². The number of methoxy groups -OCH3 is 3. The van der Waals surface area contributed by atoms with E-state index in [2.05, 4.69) is 11.4 Å². The Morgan fingerprint density at radius 3 is 2.36 bits per heavy atom. The lowest BCUT2D eigenvalue weighted by molar-refractivity contribution is 0.327. The Hall–Kier alpha value is -3.65. The summed E-state index contributed by atoms with van der Waals surface area (Å²) in [4.78, 5) is 0. The highest BCUT2D eigenvalue weighted by Gasteiger charge is 2.16. The second kappa shape index (κ2) is 8.83. The van der Waals surface area contributed by atoms with Crippen molar-refractivity contribution in [3.05, 3.63) is 71.9 Å². The first-order valence-corrected chi connectivity index (χ1v) is 8.82. The molecule has 0 saturated heterocycles. The van der Waals surface area contributed by atoms with Crippen LogP contribution < -0.4 is 19.5 Å². The van der Waals surface area contributed by atoms with E-state index < -0.39 is 0 Å². The smallest absolute Gasteiger partial charge is 0.203 e. The van der Waals surface area contributed by atoms with Gasteiger partial charge < -0.3 is 19.5 Å². The molecule has 0 spiro atoms. The quantitative estimate of drug-likeness (QED) is 0.594. The van der Waals surface area contributed by atoms with Crippen molar-refractivity contribution in [3.8, 4) is 23.3 Å². The minimum absolute atomic E-state index is 0.517. The number of anilines is 1. The Labute approximate surface area is 164 Å². The zero-order chi connectivity index (χ0) is 19.9. The van der Waals surface area contributed by atoms with E-state index in [1.807, 2.05) is 54.6 Å². The number of benzene rings is 3. The SMILES string of the molecule is COc1cc2cc(CC(C#N)=CNc3ccccc3)ccc2c(OC)c1OC. The van der Waals surface area contributed by atoms with Crippen LogP contribution >= 0.6 is 0 Å². The lowest BCUT2D eigenvalue weighted by Crippen LogP contribution is -1.97. The highest BCUT2D eigenvalue weighted by atomic mass is 16.5. The molecule has 0 fully saturated rings. The van der Waals surface area contributed by atoms with Crippen molar-refractivity contribution in [2.45, 2.75) is 6.42 Å². The Morgan fingerprint density at radius 1 is 0.964 bits per heavy atom. The molecule has 28 heavy (non-hydrogen) atoms. The summed E-state index contributed by atoms with van der Waals surface area (Å²) < 4.78 is 16.4. The molecule has 0 amide bonds. The molecule has 0 aliphatic heterocycles. The molecule has 5 heteroatoms. The van der Waals surface area contributed by atoms with E-state index in [4.69, 9.17) is 14.2 Å². The first-order chi connectivity index (χ1) is 13.7. The van der Waals surface area contributed by atoms with Crippen LogP contribution in [0.25, 0.3) is 10.8 Å². The van der Waals surface area contributed by atoms with Crippen molar-refractivity contribution in [3.63, 3.8) is 0 Å². The first kappa shape index (κ1) is 19.1. The summed E-state index contributed by atoms with van der Waals surface area (Å²) in [5, 5.41) is 14.5. The number of nitrogens with one attached hydrogen (secondary N) is 1. The van der Waals surface area contributed by atoms with Crippen molar-refractivity contribution in [1.82, 2.24) is 0 Å². The molecule has 142 valence electrons. The lowest BCUT2D eigenvalue weighted by Gasteiger charge is -2.15. The highest BCUT2D eigenvalue weighted by molar-refractivity contribution is 5.93. The zero-order valence-corrected chi connectivity index (χ0v) is 16.2. The molecule has 0 atom stereocenters. The van der Waals surface area contributed by atoms with E-state index in [9.17, 15) is 5.26 Å². The van der Waals surface area contributed by atoms with Crippen LogP contribution in [0.2, 0.25) is 0 Å². The molecular weight excluding hydrogens is 352 g/mol. The van der Waals surface area contributed by atoms with E-state index in [0.29, 0.717) is 29.2 Å². The van der Waals surface area contributed by atoms with Crippen LogP contribution in [0.15, 0.2) is 66.4 Å². The van der Waals surface area contributed by atoms with Crippen molar-refractivity contribution < 1.29 is 14.2 Å². The number of hydrogen-bond donors (Lipinski definition) is 1. The molecule has 5 nitrogen and oxygen atoms in total. The van der Waals surface area contributed by atoms with Gasteiger partial charge in [-0.3, -0.25) is 0 Å². The topological polar surface area (TPSA) is 63.5 Å². The van der Waals surface area contributed by atoms with Crippen molar-refractivity contribution >= 4 is 16.5 Å². The van der Waals surface area contributed by atoms with Gasteiger partial charge in [0.1, 0.15) is 0 Å². The maximum absolute atomic E-state index is 9.50. The Bertz CT molecular complexity index is 1040. The van der Waals surface area contributed by atoms with Crippen molar-refractivity contribution in [2.24, 2.45) is 0 Å². The minimum Gasteiger partial charge on any atom is -0.493 e. The van der Waals surface area contributed by atoms with Crippen LogP contribution in [-0.2, 0) is 6.42 Å². The van der Waals surface area contributed by atoms with E-state index in [-0.39, 0.29) is 0 Å². The van der Waals surface area contributed by atoms with Gasteiger partial charge in [-0.1, -0.05) is 36.4 Å². The van der Waals surface area contributed by atoms with Gasteiger partial charge in [0.2, 0.25) is 5.75 Å². The maximum Gasteiger partial charge on any atom is 0.203 e. The Kier molecular flexibility index (Phi) is 6.03. The summed E-state index contributed by atoms with van der Waals surface area (Å²) in [6.45, 7) is 0. The predicted octanol–water partition coefficient (Wildman–Crippen LogP) is 4.93. The Balaban J connectivity index is 1.92. The van der Waals surface area contributed by atoms with Gasteiger partial charge in [0.15, 0.2) is 11.5 Å². The summed E-state index contributed by atoms with van der Waals surface area (Å²) in [5.74, 6) is 1.80. The van der Waals surface area contributed by atoms with Gasteiger partial charge in [-0.15, -0.1) is 0 Å². The van der Waals surface area contributed by atoms with Crippen LogP contribution in [0.4, 0.5) is 5.69 Å². The van der Waals surface area contributed by atoms with Crippen LogP contribution in [0, 0.1) is 11.3 Å². The summed E-state index contributed by atoms with van der Waals surface area (Å²) in [7, 11) is 4.79. The highest BCUT2D eigenvalue weighted by Crippen LogP contribution is 2.43. The number of allylic oxidation sites excluding steroid dienone is 1. The monoisotopic (exact) mass is 374 g/mol. The molecule has 3 rings (SSSR count). The Morgan fingerprint density at radius 2 is 1.71 bits per heavy atom. The fraction of sp³-hybridized carbons (Fsp3) is 0.174. The van der Waals surface area contributed by atoms with Gasteiger partial charge in [0.05, 0.1) is 27.4 Å². The minimum atomic E-state index is 0.517. The van der Waals surface area contributed by atoms with Crippen molar-refractivity contribution in [2.75, 3.05) is 26.6 Å². The lowest BCUT2D eigenvalue weighted by atomic mass is 10.0. The molecule has 0 aliphatic carbocycles. The number of para-hydroxylation sites is 1. The third-order valence-electron chi connectivity index (χ3n) is 4.43. The second-order valence-electron chi connectivity index (χ2n) is 6.17. The summed E-state index contributed by atoms with van der Waals surface area (Å²) >= 11 is 0. The number of fused-ring (bicyclic) bond motifs is 1. The number of ether oxygens (including phenoxy) is 3. The van der Waals surface area contributed by atoms with E-state index in [1.54, 1.807) is 27.5 Å². The molecule has 3 aromatic rings. The average Bonchev–Trinajstić information content (AvgIpc) is 2.75. The molecule has 0 saturated carbocycles. The number of hydrogen-bond acceptors (Lipinski definition) is 5.